The molecule has 1 aliphatic rings. The van der Waals surface area contributed by atoms with E-state index >= 15 is 0 Å². The van der Waals surface area contributed by atoms with Gasteiger partial charge < -0.3 is 14.6 Å². The number of nitrogens with one attached hydrogen (secondary N) is 1. The van der Waals surface area contributed by atoms with Crippen LogP contribution in [0.25, 0.3) is 11.1 Å². The highest BCUT2D eigenvalue weighted by atomic mass is 16.5. The van der Waals surface area contributed by atoms with E-state index in [4.69, 9.17) is 9.26 Å². The molecule has 1 saturated carbocycles. The SMILES string of the molecule is Cc1cc(C(=O)NCCOC2CCCCC2C)c2c(C)noc2n1. The molecule has 0 saturated heterocycles. The largest absolute Gasteiger partial charge is 0.376 e. The first-order valence-electron chi connectivity index (χ1n) is 8.69. The molecule has 0 spiro atoms. The average Bonchev–Trinajstić information content (AvgIpc) is 2.93. The zero-order valence-corrected chi connectivity index (χ0v) is 14.6. The Kier molecular flexibility index (Phi) is 5.14. The molecule has 2 aromatic heterocycles. The molecule has 1 N–H and O–H groups in total. The third kappa shape index (κ3) is 3.59. The third-order valence-electron chi connectivity index (χ3n) is 4.74. The van der Waals surface area contributed by atoms with E-state index in [9.17, 15) is 4.79 Å². The lowest BCUT2D eigenvalue weighted by Gasteiger charge is -2.28. The highest BCUT2D eigenvalue weighted by Gasteiger charge is 2.22. The Bertz CT molecular complexity index is 726. The summed E-state index contributed by atoms with van der Waals surface area (Å²) in [6, 6.07) is 1.77. The molecule has 0 aromatic carbocycles. The predicted octanol–water partition coefficient (Wildman–Crippen LogP) is 3.16. The number of ether oxygens (including phenoxy) is 1. The summed E-state index contributed by atoms with van der Waals surface area (Å²) in [5.41, 5.74) is 2.37. The van der Waals surface area contributed by atoms with Crippen molar-refractivity contribution in [3.05, 3.63) is 23.0 Å². The molecule has 1 fully saturated rings. The number of fused-ring (bicyclic) bond motifs is 1. The van der Waals surface area contributed by atoms with Crippen molar-refractivity contribution in [3.8, 4) is 0 Å². The molecular weight excluding hydrogens is 306 g/mol. The summed E-state index contributed by atoms with van der Waals surface area (Å²) in [6.45, 7) is 6.92. The van der Waals surface area contributed by atoms with Gasteiger partial charge in [0, 0.05) is 12.2 Å². The van der Waals surface area contributed by atoms with Crippen molar-refractivity contribution in [1.29, 1.82) is 0 Å². The van der Waals surface area contributed by atoms with E-state index in [1.54, 1.807) is 6.07 Å². The number of carbonyl (C=O) groups is 1. The van der Waals surface area contributed by atoms with Gasteiger partial charge in [-0.25, -0.2) is 4.98 Å². The van der Waals surface area contributed by atoms with E-state index in [2.05, 4.69) is 22.4 Å². The molecule has 1 aliphatic carbocycles. The Hall–Kier alpha value is -1.95. The summed E-state index contributed by atoms with van der Waals surface area (Å²) < 4.78 is 11.1. The first kappa shape index (κ1) is 16.9. The summed E-state index contributed by atoms with van der Waals surface area (Å²) in [6.07, 6.45) is 5.22. The van der Waals surface area contributed by atoms with Gasteiger partial charge in [0.15, 0.2) is 0 Å². The van der Waals surface area contributed by atoms with Crippen LogP contribution in [0.15, 0.2) is 10.6 Å². The van der Waals surface area contributed by atoms with Crippen LogP contribution in [0.5, 0.6) is 0 Å². The van der Waals surface area contributed by atoms with Gasteiger partial charge in [-0.05, 0) is 38.7 Å². The minimum Gasteiger partial charge on any atom is -0.376 e. The second-order valence-corrected chi connectivity index (χ2v) is 6.69. The van der Waals surface area contributed by atoms with Crippen molar-refractivity contribution in [2.45, 2.75) is 52.6 Å². The normalized spacial score (nSPS) is 21.1. The fourth-order valence-electron chi connectivity index (χ4n) is 3.40. The highest BCUT2D eigenvalue weighted by molar-refractivity contribution is 6.06. The molecule has 6 nitrogen and oxygen atoms in total. The standard InChI is InChI=1S/C18H25N3O3/c1-11-6-4-5-7-15(11)23-9-8-19-17(22)14-10-12(2)20-18-16(14)13(3)21-24-18/h10-11,15H,4-9H2,1-3H3,(H,19,22). The van der Waals surface area contributed by atoms with Crippen LogP contribution in [0.1, 0.15) is 54.4 Å². The van der Waals surface area contributed by atoms with Crippen LogP contribution < -0.4 is 5.32 Å². The number of hydrogen-bond acceptors (Lipinski definition) is 5. The Balaban J connectivity index is 1.58. The number of aryl methyl sites for hydroxylation is 2. The van der Waals surface area contributed by atoms with Crippen molar-refractivity contribution in [2.24, 2.45) is 5.92 Å². The number of amides is 1. The van der Waals surface area contributed by atoms with Crippen molar-refractivity contribution in [1.82, 2.24) is 15.5 Å². The van der Waals surface area contributed by atoms with Crippen LogP contribution in [0.3, 0.4) is 0 Å². The Morgan fingerprint density at radius 2 is 2.17 bits per heavy atom. The van der Waals surface area contributed by atoms with Gasteiger partial charge in [0.1, 0.15) is 0 Å². The maximum Gasteiger partial charge on any atom is 0.258 e. The molecule has 2 heterocycles. The van der Waals surface area contributed by atoms with Crippen molar-refractivity contribution >= 4 is 17.0 Å². The molecule has 2 unspecified atom stereocenters. The van der Waals surface area contributed by atoms with E-state index in [0.717, 1.165) is 12.1 Å². The average molecular weight is 331 g/mol. The van der Waals surface area contributed by atoms with Gasteiger partial charge in [0.25, 0.3) is 11.6 Å². The van der Waals surface area contributed by atoms with Gasteiger partial charge in [-0.1, -0.05) is 24.9 Å². The number of pyridine rings is 1. The number of carbonyl (C=O) groups excluding carboxylic acids is 1. The van der Waals surface area contributed by atoms with E-state index in [1.807, 2.05) is 13.8 Å². The molecule has 2 aromatic rings. The fraction of sp³-hybridized carbons (Fsp3) is 0.611. The van der Waals surface area contributed by atoms with E-state index in [-0.39, 0.29) is 5.91 Å². The fourth-order valence-corrected chi connectivity index (χ4v) is 3.40. The number of nitrogens with zero attached hydrogens (tertiary/aromatic N) is 2. The summed E-state index contributed by atoms with van der Waals surface area (Å²) in [5, 5.41) is 7.51. The van der Waals surface area contributed by atoms with Gasteiger partial charge in [-0.3, -0.25) is 4.79 Å². The van der Waals surface area contributed by atoms with E-state index < -0.39 is 0 Å². The Morgan fingerprint density at radius 3 is 2.96 bits per heavy atom. The van der Waals surface area contributed by atoms with E-state index in [0.29, 0.717) is 47.5 Å². The topological polar surface area (TPSA) is 77.2 Å². The minimum atomic E-state index is -0.142. The molecule has 130 valence electrons. The molecule has 6 heteroatoms. The monoisotopic (exact) mass is 331 g/mol. The maximum absolute atomic E-state index is 12.5. The highest BCUT2D eigenvalue weighted by Crippen LogP contribution is 2.26. The molecule has 0 bridgehead atoms. The summed E-state index contributed by atoms with van der Waals surface area (Å²) >= 11 is 0. The predicted molar refractivity (Wildman–Crippen MR) is 91.0 cm³/mol. The molecule has 0 aliphatic heterocycles. The van der Waals surface area contributed by atoms with Gasteiger partial charge in [0.2, 0.25) is 0 Å². The summed E-state index contributed by atoms with van der Waals surface area (Å²) in [5.74, 6) is 0.466. The zero-order chi connectivity index (χ0) is 17.1. The molecule has 3 rings (SSSR count). The van der Waals surface area contributed by atoms with Crippen molar-refractivity contribution in [3.63, 3.8) is 0 Å². The van der Waals surface area contributed by atoms with Gasteiger partial charge in [0.05, 0.1) is 29.4 Å². The van der Waals surface area contributed by atoms with Crippen molar-refractivity contribution < 1.29 is 14.1 Å². The lowest BCUT2D eigenvalue weighted by atomic mass is 9.88. The summed E-state index contributed by atoms with van der Waals surface area (Å²) in [7, 11) is 0. The molecule has 1 amide bonds. The quantitative estimate of drug-likeness (QED) is 0.852. The molecule has 24 heavy (non-hydrogen) atoms. The Labute approximate surface area is 141 Å². The van der Waals surface area contributed by atoms with Gasteiger partial charge in [-0.15, -0.1) is 0 Å². The molecule has 0 radical (unpaired) electrons. The lowest BCUT2D eigenvalue weighted by molar-refractivity contribution is -0.00293. The second-order valence-electron chi connectivity index (χ2n) is 6.69. The smallest absolute Gasteiger partial charge is 0.258 e. The first-order chi connectivity index (χ1) is 11.6. The third-order valence-corrected chi connectivity index (χ3v) is 4.74. The summed E-state index contributed by atoms with van der Waals surface area (Å²) in [4.78, 5) is 16.8. The van der Waals surface area contributed by atoms with E-state index in [1.165, 1.54) is 19.3 Å². The first-order valence-corrected chi connectivity index (χ1v) is 8.69. The maximum atomic E-state index is 12.5. The lowest BCUT2D eigenvalue weighted by Crippen LogP contribution is -2.32. The van der Waals surface area contributed by atoms with Gasteiger partial charge >= 0.3 is 0 Å². The van der Waals surface area contributed by atoms with Crippen LogP contribution >= 0.6 is 0 Å². The zero-order valence-electron chi connectivity index (χ0n) is 14.6. The number of rotatable bonds is 5. The molecule has 2 atom stereocenters. The van der Waals surface area contributed by atoms with Gasteiger partial charge in [-0.2, -0.15) is 0 Å². The minimum absolute atomic E-state index is 0.142. The van der Waals surface area contributed by atoms with Crippen LogP contribution in [0.4, 0.5) is 0 Å². The van der Waals surface area contributed by atoms with Crippen LogP contribution in [0.2, 0.25) is 0 Å². The Morgan fingerprint density at radius 1 is 1.38 bits per heavy atom. The van der Waals surface area contributed by atoms with Crippen LogP contribution in [-0.2, 0) is 4.74 Å². The molecular formula is C18H25N3O3. The van der Waals surface area contributed by atoms with Crippen molar-refractivity contribution in [2.75, 3.05) is 13.2 Å². The number of aromatic nitrogens is 2. The number of hydrogen-bond donors (Lipinski definition) is 1. The van der Waals surface area contributed by atoms with Crippen LogP contribution in [0, 0.1) is 19.8 Å². The van der Waals surface area contributed by atoms with Crippen LogP contribution in [-0.4, -0.2) is 35.3 Å². The second kappa shape index (κ2) is 7.30.